The summed E-state index contributed by atoms with van der Waals surface area (Å²) >= 11 is 0. The molecule has 0 saturated heterocycles. The highest BCUT2D eigenvalue weighted by atomic mass is 16.5. The zero-order chi connectivity index (χ0) is 40.4. The Balaban J connectivity index is 0.000000388. The van der Waals surface area contributed by atoms with Crippen LogP contribution in [0.5, 0.6) is 0 Å². The number of nitrogen functional groups attached to an aromatic ring is 1. The van der Waals surface area contributed by atoms with Crippen molar-refractivity contribution < 1.29 is 29.7 Å². The molecule has 4 N–H and O–H groups in total. The first-order chi connectivity index (χ1) is 27.4. The maximum absolute atomic E-state index is 11.8. The van der Waals surface area contributed by atoms with Crippen LogP contribution in [0.25, 0.3) is 17.2 Å². The lowest BCUT2D eigenvalue weighted by Crippen LogP contribution is -2.10. The van der Waals surface area contributed by atoms with E-state index in [4.69, 9.17) is 29.9 Å². The van der Waals surface area contributed by atoms with Crippen LogP contribution in [0.3, 0.4) is 0 Å². The van der Waals surface area contributed by atoms with E-state index in [1.165, 1.54) is 18.9 Å². The second kappa shape index (κ2) is 26.1. The van der Waals surface area contributed by atoms with E-state index in [1.54, 1.807) is 30.7 Å². The topological polar surface area (TPSA) is 206 Å². The highest BCUT2D eigenvalue weighted by Gasteiger charge is 2.23. The van der Waals surface area contributed by atoms with Gasteiger partial charge in [-0.25, -0.2) is 14.3 Å². The van der Waals surface area contributed by atoms with Gasteiger partial charge < -0.3 is 35.2 Å². The van der Waals surface area contributed by atoms with E-state index in [0.717, 1.165) is 67.3 Å². The summed E-state index contributed by atoms with van der Waals surface area (Å²) in [6, 6.07) is 12.7. The molecule has 0 unspecified atom stereocenters. The quantitative estimate of drug-likeness (QED) is 0.0335. The zero-order valence-corrected chi connectivity index (χ0v) is 32.7. The van der Waals surface area contributed by atoms with Crippen LogP contribution in [0, 0.1) is 12.3 Å². The third-order valence-electron chi connectivity index (χ3n) is 8.28. The maximum atomic E-state index is 11.8. The van der Waals surface area contributed by atoms with Crippen LogP contribution < -0.4 is 11.1 Å². The first kappa shape index (κ1) is 44.6. The van der Waals surface area contributed by atoms with E-state index < -0.39 is 0 Å². The van der Waals surface area contributed by atoms with Crippen molar-refractivity contribution >= 4 is 35.6 Å². The van der Waals surface area contributed by atoms with E-state index in [1.807, 2.05) is 55.6 Å². The number of allylic oxidation sites excluding steroid dienone is 1. The first-order valence-corrected chi connectivity index (χ1v) is 19.0. The fraction of sp³-hybridized carbons (Fsp3) is 0.415. The van der Waals surface area contributed by atoms with Gasteiger partial charge in [0.15, 0.2) is 5.65 Å². The number of amides is 1. The van der Waals surface area contributed by atoms with Gasteiger partial charge in [0.2, 0.25) is 12.2 Å². The van der Waals surface area contributed by atoms with Gasteiger partial charge in [-0.15, -0.1) is 0 Å². The van der Waals surface area contributed by atoms with Gasteiger partial charge in [0.1, 0.15) is 12.3 Å². The molecule has 4 aromatic heterocycles. The number of aromatic nitrogens is 6. The molecule has 6 rings (SSSR count). The standard InChI is InChI=1S/C24H30N4O5.C12H14N4O.C3H5N.C2H6.H2/c1-18-15-20(25)16-26-22(18)23-27-21(33-28-23)17-31-13-8-12-30-11-6-3-7-14-32-24(29)19-9-4-2-5-10-19;17-8-14-10-7-13-11-5-6-15-16(11)12(10)9-3-1-2-4-9;1-2-3-4;1-2;/h2,4-5,9-10,15-16H,3,6-8,11-14,17,25H2,1H3;5-9H,1-4H2,(H,14,17);2-4H,1H2;1-2H3;1H. The molecule has 1 aliphatic rings. The average Bonchev–Trinajstić information content (AvgIpc) is 4.03. The van der Waals surface area contributed by atoms with Gasteiger partial charge in [-0.3, -0.25) is 9.78 Å². The Kier molecular flexibility index (Phi) is 20.8. The molecule has 302 valence electrons. The number of anilines is 2. The van der Waals surface area contributed by atoms with Crippen molar-refractivity contribution in [2.75, 3.05) is 37.5 Å². The summed E-state index contributed by atoms with van der Waals surface area (Å²) in [5.74, 6) is 1.02. The minimum Gasteiger partial charge on any atom is -0.462 e. The largest absolute Gasteiger partial charge is 0.462 e. The number of esters is 1. The lowest BCUT2D eigenvalue weighted by atomic mass is 10.0. The van der Waals surface area contributed by atoms with Crippen LogP contribution in [-0.2, 0) is 25.6 Å². The Morgan fingerprint density at radius 3 is 2.46 bits per heavy atom. The van der Waals surface area contributed by atoms with E-state index in [0.29, 0.717) is 67.4 Å². The van der Waals surface area contributed by atoms with Gasteiger partial charge in [0.05, 0.1) is 47.8 Å². The van der Waals surface area contributed by atoms with Gasteiger partial charge >= 0.3 is 5.97 Å². The average molecular weight is 772 g/mol. The number of carbonyl (C=O) groups is 2. The van der Waals surface area contributed by atoms with Crippen molar-refractivity contribution in [2.45, 2.75) is 84.7 Å². The van der Waals surface area contributed by atoms with Crippen molar-refractivity contribution in [3.63, 3.8) is 0 Å². The number of nitrogens with zero attached hydrogens (tertiary/aromatic N) is 6. The minimum atomic E-state index is -0.277. The molecular weight excluding hydrogens is 715 g/mol. The Bertz CT molecular complexity index is 1890. The number of unbranched alkanes of at least 4 members (excludes halogenated alkanes) is 2. The predicted molar refractivity (Wildman–Crippen MR) is 219 cm³/mol. The number of nitrogens with one attached hydrogen (secondary N) is 2. The van der Waals surface area contributed by atoms with Crippen LogP contribution in [0.15, 0.2) is 78.2 Å². The number of aryl methyl sites for hydroxylation is 1. The third-order valence-corrected chi connectivity index (χ3v) is 8.28. The van der Waals surface area contributed by atoms with Crippen LogP contribution in [0.1, 0.15) is 100 Å². The number of nitrogens with two attached hydrogens (primary N) is 1. The van der Waals surface area contributed by atoms with E-state index >= 15 is 0 Å². The fourth-order valence-corrected chi connectivity index (χ4v) is 5.73. The monoisotopic (exact) mass is 771 g/mol. The minimum absolute atomic E-state index is 0. The van der Waals surface area contributed by atoms with Gasteiger partial charge in [-0.05, 0) is 69.2 Å². The van der Waals surface area contributed by atoms with Crippen molar-refractivity contribution in [2.24, 2.45) is 0 Å². The second-order valence-corrected chi connectivity index (χ2v) is 12.3. The van der Waals surface area contributed by atoms with Crippen molar-refractivity contribution in [1.82, 2.24) is 29.7 Å². The molecule has 1 aromatic carbocycles. The number of carbonyl (C=O) groups excluding carboxylic acids is 2. The van der Waals surface area contributed by atoms with Gasteiger partial charge in [0, 0.05) is 39.4 Å². The van der Waals surface area contributed by atoms with Crippen LogP contribution in [0.4, 0.5) is 11.4 Å². The highest BCUT2D eigenvalue weighted by Crippen LogP contribution is 2.37. The molecular formula is C41H57N9O6. The number of ether oxygens (including phenoxy) is 3. The summed E-state index contributed by atoms with van der Waals surface area (Å²) in [5, 5.41) is 17.2. The molecule has 0 spiro atoms. The van der Waals surface area contributed by atoms with E-state index in [2.05, 4.69) is 37.1 Å². The Labute approximate surface area is 330 Å². The summed E-state index contributed by atoms with van der Waals surface area (Å²) < 4.78 is 23.5. The van der Waals surface area contributed by atoms with Crippen molar-refractivity contribution in [3.05, 3.63) is 96.4 Å². The van der Waals surface area contributed by atoms with Gasteiger partial charge in [-0.2, -0.15) is 10.1 Å². The number of fused-ring (bicyclic) bond motifs is 1. The normalized spacial score (nSPS) is 11.9. The molecule has 0 atom stereocenters. The highest BCUT2D eigenvalue weighted by molar-refractivity contribution is 5.89. The van der Waals surface area contributed by atoms with Gasteiger partial charge in [-0.1, -0.05) is 62.7 Å². The molecule has 0 aliphatic heterocycles. The molecule has 4 heterocycles. The number of benzene rings is 1. The Morgan fingerprint density at radius 1 is 1.04 bits per heavy atom. The van der Waals surface area contributed by atoms with Crippen molar-refractivity contribution in [1.29, 1.82) is 5.41 Å². The predicted octanol–water partition coefficient (Wildman–Crippen LogP) is 8.02. The van der Waals surface area contributed by atoms with Gasteiger partial charge in [0.25, 0.3) is 5.89 Å². The van der Waals surface area contributed by atoms with Crippen molar-refractivity contribution in [3.8, 4) is 11.5 Å². The summed E-state index contributed by atoms with van der Waals surface area (Å²) in [4.78, 5) is 35.3. The molecule has 15 nitrogen and oxygen atoms in total. The molecule has 1 aliphatic carbocycles. The molecule has 56 heavy (non-hydrogen) atoms. The molecule has 1 fully saturated rings. The number of pyridine rings is 1. The lowest BCUT2D eigenvalue weighted by molar-refractivity contribution is -0.105. The smallest absolute Gasteiger partial charge is 0.338 e. The Morgan fingerprint density at radius 2 is 1.75 bits per heavy atom. The number of rotatable bonds is 18. The molecule has 5 aromatic rings. The fourth-order valence-electron chi connectivity index (χ4n) is 5.73. The summed E-state index contributed by atoms with van der Waals surface area (Å²) in [7, 11) is 0. The maximum Gasteiger partial charge on any atom is 0.338 e. The van der Waals surface area contributed by atoms with E-state index in [9.17, 15) is 9.59 Å². The number of hydrogen-bond donors (Lipinski definition) is 3. The third kappa shape index (κ3) is 14.8. The lowest BCUT2D eigenvalue weighted by Gasteiger charge is -2.15. The number of hydrogen-bond acceptors (Lipinski definition) is 13. The molecule has 1 amide bonds. The second-order valence-electron chi connectivity index (χ2n) is 12.3. The molecule has 15 heteroatoms. The molecule has 1 saturated carbocycles. The van der Waals surface area contributed by atoms with Crippen LogP contribution in [0.2, 0.25) is 0 Å². The zero-order valence-electron chi connectivity index (χ0n) is 32.7. The summed E-state index contributed by atoms with van der Waals surface area (Å²) in [5.41, 5.74) is 11.1. The molecule has 0 bridgehead atoms. The van der Waals surface area contributed by atoms with Crippen LogP contribution in [-0.4, -0.2) is 74.7 Å². The molecule has 0 radical (unpaired) electrons. The SMILES string of the molecule is C=CC=N.CC.Cc1cc(N)cnc1-c1noc(COCCCOCCCCCOC(=O)c2ccccc2)n1.O=CNc1cnc2ccnn2c1C1CCCC1.[HH]. The Hall–Kier alpha value is -5.80. The first-order valence-electron chi connectivity index (χ1n) is 19.0. The summed E-state index contributed by atoms with van der Waals surface area (Å²) in [6.45, 7) is 11.6. The van der Waals surface area contributed by atoms with E-state index in [-0.39, 0.29) is 14.0 Å². The summed E-state index contributed by atoms with van der Waals surface area (Å²) in [6.07, 6.45) is 16.6. The van der Waals surface area contributed by atoms with Crippen LogP contribution >= 0.6 is 0 Å².